The Hall–Kier alpha value is -13.8. The van der Waals surface area contributed by atoms with Gasteiger partial charge in [-0.25, -0.2) is 0 Å². The van der Waals surface area contributed by atoms with Gasteiger partial charge in [0.05, 0.1) is 22.1 Å². The minimum atomic E-state index is -0.340. The fourth-order valence-corrected chi connectivity index (χ4v) is 17.3. The van der Waals surface area contributed by atoms with Gasteiger partial charge in [0.1, 0.15) is 0 Å². The van der Waals surface area contributed by atoms with Crippen LogP contribution < -0.4 is 9.80 Å². The molecule has 0 radical (unpaired) electrons. The van der Waals surface area contributed by atoms with E-state index in [4.69, 9.17) is 0 Å². The van der Waals surface area contributed by atoms with Crippen molar-refractivity contribution in [3.05, 3.63) is 399 Å². The van der Waals surface area contributed by atoms with Crippen molar-refractivity contribution in [2.75, 3.05) is 9.80 Å². The third-order valence-corrected chi connectivity index (χ3v) is 22.8. The first kappa shape index (κ1) is 61.8. The van der Waals surface area contributed by atoms with Crippen LogP contribution in [0.25, 0.3) is 154 Å². The predicted octanol–water partition coefficient (Wildman–Crippen LogP) is 28.4. The zero-order valence-corrected chi connectivity index (χ0v) is 59.2. The van der Waals surface area contributed by atoms with Gasteiger partial charge < -0.3 is 18.9 Å². The normalized spacial score (nSPS) is 12.5. The summed E-state index contributed by atoms with van der Waals surface area (Å²) in [6.45, 7) is 4.80. The number of nitrogens with zero attached hydrogens (tertiary/aromatic N) is 4. The van der Waals surface area contributed by atoms with Crippen LogP contribution in [0.4, 0.5) is 34.1 Å². The minimum Gasteiger partial charge on any atom is -0.310 e. The number of hydrogen-bond donors (Lipinski definition) is 0. The van der Waals surface area contributed by atoms with Crippen LogP contribution in [0.1, 0.15) is 25.0 Å². The molecule has 107 heavy (non-hydrogen) atoms. The highest BCUT2D eigenvalue weighted by Crippen LogP contribution is 2.53. The Morgan fingerprint density at radius 2 is 0.439 bits per heavy atom. The van der Waals surface area contributed by atoms with Gasteiger partial charge in [0.15, 0.2) is 0 Å². The van der Waals surface area contributed by atoms with Crippen LogP contribution in [0, 0.1) is 0 Å². The maximum Gasteiger partial charge on any atom is 0.0541 e. The van der Waals surface area contributed by atoms with Gasteiger partial charge in [-0.2, -0.15) is 0 Å². The Kier molecular flexibility index (Phi) is 14.3. The highest BCUT2D eigenvalue weighted by atomic mass is 15.2. The highest BCUT2D eigenvalue weighted by molar-refractivity contribution is 6.14. The molecule has 21 rings (SSSR count). The number of para-hydroxylation sites is 2. The molecule has 1 aliphatic rings. The number of benzene rings is 18. The van der Waals surface area contributed by atoms with E-state index in [-0.39, 0.29) is 5.41 Å². The molecule has 4 nitrogen and oxygen atoms in total. The summed E-state index contributed by atoms with van der Waals surface area (Å²) in [6, 6.07) is 144. The highest BCUT2D eigenvalue weighted by Gasteiger charge is 2.37. The molecule has 0 atom stereocenters. The van der Waals surface area contributed by atoms with Gasteiger partial charge in [0.2, 0.25) is 0 Å². The number of aromatic nitrogens is 2. The Bertz CT molecular complexity index is 6270. The molecular weight excluding hydrogens is 1290 g/mol. The number of rotatable bonds is 12. The van der Waals surface area contributed by atoms with Gasteiger partial charge in [-0.05, 0) is 280 Å². The second kappa shape index (κ2) is 24.7. The molecular formula is C103H70N4. The molecule has 0 bridgehead atoms. The molecule has 4 heteroatoms. The Morgan fingerprint density at radius 1 is 0.196 bits per heavy atom. The van der Waals surface area contributed by atoms with Crippen LogP contribution >= 0.6 is 0 Å². The average molecular weight is 1360 g/mol. The third-order valence-electron chi connectivity index (χ3n) is 22.8. The molecule has 0 saturated carbocycles. The van der Waals surface area contributed by atoms with E-state index in [1.54, 1.807) is 0 Å². The molecule has 0 spiro atoms. The Morgan fingerprint density at radius 3 is 0.738 bits per heavy atom. The maximum atomic E-state index is 2.45. The molecule has 0 aliphatic heterocycles. The van der Waals surface area contributed by atoms with Crippen molar-refractivity contribution in [3.63, 3.8) is 0 Å². The van der Waals surface area contributed by atoms with Crippen molar-refractivity contribution < 1.29 is 0 Å². The van der Waals surface area contributed by atoms with Crippen LogP contribution in [-0.4, -0.2) is 9.13 Å². The molecule has 0 unspecified atom stereocenters. The van der Waals surface area contributed by atoms with Crippen molar-refractivity contribution in [1.29, 1.82) is 0 Å². The number of fused-ring (bicyclic) bond motifs is 13. The second-order valence-corrected chi connectivity index (χ2v) is 29.3. The summed E-state index contributed by atoms with van der Waals surface area (Å²) in [6.07, 6.45) is 0. The van der Waals surface area contributed by atoms with E-state index >= 15 is 0 Å². The van der Waals surface area contributed by atoms with E-state index in [0.29, 0.717) is 0 Å². The molecule has 18 aromatic carbocycles. The topological polar surface area (TPSA) is 16.3 Å². The summed E-state index contributed by atoms with van der Waals surface area (Å²) >= 11 is 0. The van der Waals surface area contributed by atoms with Gasteiger partial charge >= 0.3 is 0 Å². The Labute approximate surface area is 621 Å². The zero-order chi connectivity index (χ0) is 70.8. The summed E-state index contributed by atoms with van der Waals surface area (Å²) in [7, 11) is 0. The fraction of sp³-hybridized carbons (Fsp3) is 0.0291. The molecule has 20 aromatic rings. The monoisotopic (exact) mass is 1360 g/mol. The average Bonchev–Trinajstić information content (AvgIpc) is 1.58. The first-order chi connectivity index (χ1) is 52.7. The van der Waals surface area contributed by atoms with Crippen molar-refractivity contribution in [3.8, 4) is 67.0 Å². The summed E-state index contributed by atoms with van der Waals surface area (Å²) in [5.74, 6) is 0. The summed E-state index contributed by atoms with van der Waals surface area (Å²) < 4.78 is 4.90. The maximum absolute atomic E-state index is 2.45. The molecule has 1 aliphatic carbocycles. The lowest BCUT2D eigenvalue weighted by atomic mass is 9.82. The second-order valence-electron chi connectivity index (χ2n) is 29.3. The van der Waals surface area contributed by atoms with Crippen molar-refractivity contribution in [2.24, 2.45) is 0 Å². The van der Waals surface area contributed by atoms with E-state index in [9.17, 15) is 0 Å². The molecule has 0 amide bonds. The predicted molar refractivity (Wildman–Crippen MR) is 454 cm³/mol. The van der Waals surface area contributed by atoms with Crippen molar-refractivity contribution in [2.45, 2.75) is 19.3 Å². The lowest BCUT2D eigenvalue weighted by molar-refractivity contribution is 0.660. The van der Waals surface area contributed by atoms with Crippen molar-refractivity contribution >= 4 is 121 Å². The number of hydrogen-bond acceptors (Lipinski definition) is 2. The Balaban J connectivity index is 0.625. The number of anilines is 6. The van der Waals surface area contributed by atoms with Gasteiger partial charge in [-0.1, -0.05) is 232 Å². The smallest absolute Gasteiger partial charge is 0.0541 e. The van der Waals surface area contributed by atoms with Gasteiger partial charge in [-0.15, -0.1) is 0 Å². The largest absolute Gasteiger partial charge is 0.310 e. The van der Waals surface area contributed by atoms with Crippen LogP contribution in [-0.2, 0) is 5.41 Å². The summed E-state index contributed by atoms with van der Waals surface area (Å²) in [4.78, 5) is 4.83. The lowest BCUT2D eigenvalue weighted by Crippen LogP contribution is -2.17. The van der Waals surface area contributed by atoms with Gasteiger partial charge in [0, 0.05) is 72.5 Å². The molecule has 502 valence electrons. The standard InChI is InChI=1S/C103H70N4/c1-103(2)97-65-89(104(83-25-5-3-6-26-83)85-41-45-87(46-42-85)106-99-53-37-79(75-33-29-67-17-9-13-21-71(67)57-75)61-93(99)94-62-80(38-54-100(94)106)76-34-30-68-18-10-14-22-72(68)58-76)49-51-91(97)92-52-50-90(66-98(92)103)105(84-27-7-4-8-28-84)86-43-47-88(48-44-86)107-101-55-39-81(77-35-31-69-19-11-15-23-73(69)59-77)63-95(101)96-64-82(40-56-102(96)107)78-36-32-70-20-12-16-24-74(70)60-78/h3-66H,1-2H3. The first-order valence-electron chi connectivity index (χ1n) is 37.1. The summed E-state index contributed by atoms with van der Waals surface area (Å²) in [5.41, 5.74) is 27.8. The zero-order valence-electron chi connectivity index (χ0n) is 59.2. The molecule has 0 saturated heterocycles. The first-order valence-corrected chi connectivity index (χ1v) is 37.1. The van der Waals surface area contributed by atoms with Crippen LogP contribution in [0.5, 0.6) is 0 Å². The molecule has 2 heterocycles. The van der Waals surface area contributed by atoms with Crippen LogP contribution in [0.15, 0.2) is 388 Å². The lowest BCUT2D eigenvalue weighted by Gasteiger charge is -2.29. The van der Waals surface area contributed by atoms with E-state index in [1.165, 1.54) is 131 Å². The molecule has 0 N–H and O–H groups in total. The van der Waals surface area contributed by atoms with E-state index in [2.05, 4.69) is 421 Å². The summed E-state index contributed by atoms with van der Waals surface area (Å²) in [5, 5.41) is 14.8. The van der Waals surface area contributed by atoms with E-state index < -0.39 is 0 Å². The van der Waals surface area contributed by atoms with E-state index in [1.807, 2.05) is 0 Å². The molecule has 2 aromatic heterocycles. The van der Waals surface area contributed by atoms with E-state index in [0.717, 1.165) is 67.6 Å². The SMILES string of the molecule is CC1(C)c2cc(N(c3ccccc3)c3ccc(-n4c5ccc(-c6ccc7ccccc7c6)cc5c5cc(-c6ccc7ccccc7c6)ccc54)cc3)ccc2-c2ccc(N(c3ccccc3)c3ccc(-n4c5ccc(-c6ccc7ccccc7c6)cc5c5cc(-c6ccc7ccccc7c6)ccc54)cc3)cc21. The van der Waals surface area contributed by atoms with Crippen LogP contribution in [0.2, 0.25) is 0 Å². The fourth-order valence-electron chi connectivity index (χ4n) is 17.3. The van der Waals surface area contributed by atoms with Crippen LogP contribution in [0.3, 0.4) is 0 Å². The quantitative estimate of drug-likeness (QED) is 0.121. The molecule has 0 fully saturated rings. The van der Waals surface area contributed by atoms with Gasteiger partial charge in [-0.3, -0.25) is 0 Å². The van der Waals surface area contributed by atoms with Crippen molar-refractivity contribution in [1.82, 2.24) is 9.13 Å². The minimum absolute atomic E-state index is 0.340. The van der Waals surface area contributed by atoms with Gasteiger partial charge in [0.25, 0.3) is 0 Å². The third kappa shape index (κ3) is 10.4.